The van der Waals surface area contributed by atoms with Gasteiger partial charge in [0.1, 0.15) is 0 Å². The van der Waals surface area contributed by atoms with Gasteiger partial charge in [-0.2, -0.15) is 0 Å². The van der Waals surface area contributed by atoms with Gasteiger partial charge < -0.3 is 10.6 Å². The van der Waals surface area contributed by atoms with Gasteiger partial charge >= 0.3 is 0 Å². The van der Waals surface area contributed by atoms with Gasteiger partial charge in [-0.15, -0.1) is 0 Å². The second kappa shape index (κ2) is 7.03. The van der Waals surface area contributed by atoms with Crippen LogP contribution in [0.5, 0.6) is 0 Å². The van der Waals surface area contributed by atoms with Crippen LogP contribution in [0.15, 0.2) is 24.3 Å². The summed E-state index contributed by atoms with van der Waals surface area (Å²) in [6.45, 7) is 6.18. The molecule has 3 nitrogen and oxygen atoms in total. The lowest BCUT2D eigenvalue weighted by Crippen LogP contribution is -2.45. The number of carbonyl (C=O) groups is 1. The number of nitrogens with one attached hydrogen (secondary N) is 2. The van der Waals surface area contributed by atoms with Crippen LogP contribution in [0, 0.1) is 11.8 Å². The minimum atomic E-state index is 0.0762. The van der Waals surface area contributed by atoms with E-state index in [2.05, 4.69) is 24.5 Å². The Morgan fingerprint density at radius 2 is 1.86 bits per heavy atom. The average molecular weight is 304 g/mol. The van der Waals surface area contributed by atoms with E-state index in [0.29, 0.717) is 22.6 Å². The van der Waals surface area contributed by atoms with Gasteiger partial charge in [-0.05, 0) is 61.7 Å². The molecule has 1 aromatic rings. The van der Waals surface area contributed by atoms with Crippen LogP contribution in [0.3, 0.4) is 0 Å². The standard InChI is InChI=1S/C17H24N2OS/c1-11-5-4-6-16(12(11)2)19-17(21)18-15-9-7-14(8-10-15)13(3)20/h7-12,16H,4-6H2,1-3H3,(H2,18,19,21)/t11-,12+,16-/m1/s1. The fourth-order valence-electron chi connectivity index (χ4n) is 2.91. The Morgan fingerprint density at radius 1 is 1.19 bits per heavy atom. The molecule has 1 fully saturated rings. The van der Waals surface area contributed by atoms with E-state index in [9.17, 15) is 4.79 Å². The highest BCUT2D eigenvalue weighted by Crippen LogP contribution is 2.29. The molecule has 3 atom stereocenters. The number of benzene rings is 1. The molecule has 0 unspecified atom stereocenters. The molecule has 2 rings (SSSR count). The molecule has 0 heterocycles. The molecular formula is C17H24N2OS. The minimum Gasteiger partial charge on any atom is -0.359 e. The Bertz CT molecular complexity index is 512. The molecule has 0 aromatic heterocycles. The molecule has 0 bridgehead atoms. The normalized spacial score (nSPS) is 25.2. The first kappa shape index (κ1) is 16.0. The van der Waals surface area contributed by atoms with Crippen molar-refractivity contribution in [1.29, 1.82) is 0 Å². The molecule has 0 aliphatic heterocycles. The Morgan fingerprint density at radius 3 is 2.48 bits per heavy atom. The minimum absolute atomic E-state index is 0.0762. The van der Waals surface area contributed by atoms with E-state index in [0.717, 1.165) is 11.6 Å². The monoisotopic (exact) mass is 304 g/mol. The number of thiocarbonyl (C=S) groups is 1. The van der Waals surface area contributed by atoms with Crippen LogP contribution in [0.1, 0.15) is 50.4 Å². The van der Waals surface area contributed by atoms with Gasteiger partial charge in [-0.3, -0.25) is 4.79 Å². The third-order valence-electron chi connectivity index (χ3n) is 4.57. The van der Waals surface area contributed by atoms with Crippen molar-refractivity contribution in [3.8, 4) is 0 Å². The number of carbonyl (C=O) groups excluding carboxylic acids is 1. The van der Waals surface area contributed by atoms with Crippen molar-refractivity contribution in [2.45, 2.75) is 46.1 Å². The van der Waals surface area contributed by atoms with Crippen molar-refractivity contribution in [1.82, 2.24) is 5.32 Å². The summed E-state index contributed by atoms with van der Waals surface area (Å²) in [5, 5.41) is 7.30. The van der Waals surface area contributed by atoms with E-state index >= 15 is 0 Å². The number of hydrogen-bond acceptors (Lipinski definition) is 2. The van der Waals surface area contributed by atoms with Crippen LogP contribution in [-0.2, 0) is 0 Å². The highest BCUT2D eigenvalue weighted by molar-refractivity contribution is 7.80. The van der Waals surface area contributed by atoms with Crippen molar-refractivity contribution in [2.75, 3.05) is 5.32 Å². The highest BCUT2D eigenvalue weighted by Gasteiger charge is 2.27. The van der Waals surface area contributed by atoms with Crippen LogP contribution in [0.25, 0.3) is 0 Å². The SMILES string of the molecule is CC(=O)c1ccc(NC(=S)N[C@@H]2CCC[C@@H](C)[C@@H]2C)cc1. The summed E-state index contributed by atoms with van der Waals surface area (Å²) in [5.41, 5.74) is 1.63. The molecule has 1 saturated carbocycles. The number of hydrogen-bond donors (Lipinski definition) is 2. The predicted molar refractivity (Wildman–Crippen MR) is 91.8 cm³/mol. The fourth-order valence-corrected chi connectivity index (χ4v) is 3.18. The summed E-state index contributed by atoms with van der Waals surface area (Å²) < 4.78 is 0. The summed E-state index contributed by atoms with van der Waals surface area (Å²) in [5.74, 6) is 1.46. The summed E-state index contributed by atoms with van der Waals surface area (Å²) >= 11 is 5.40. The Balaban J connectivity index is 1.90. The van der Waals surface area contributed by atoms with Crippen molar-refractivity contribution in [3.05, 3.63) is 29.8 Å². The first-order valence-corrected chi connectivity index (χ1v) is 8.06. The van der Waals surface area contributed by atoms with Crippen LogP contribution in [0.4, 0.5) is 5.69 Å². The first-order chi connectivity index (χ1) is 9.97. The third-order valence-corrected chi connectivity index (χ3v) is 4.79. The number of anilines is 1. The van der Waals surface area contributed by atoms with Gasteiger partial charge in [0.2, 0.25) is 0 Å². The molecule has 114 valence electrons. The molecule has 2 N–H and O–H groups in total. The van der Waals surface area contributed by atoms with E-state index in [4.69, 9.17) is 12.2 Å². The van der Waals surface area contributed by atoms with Gasteiger partial charge in [0.05, 0.1) is 0 Å². The molecule has 1 aliphatic carbocycles. The molecule has 1 aliphatic rings. The maximum Gasteiger partial charge on any atom is 0.171 e. The van der Waals surface area contributed by atoms with E-state index in [1.807, 2.05) is 24.3 Å². The maximum atomic E-state index is 11.2. The largest absolute Gasteiger partial charge is 0.359 e. The highest BCUT2D eigenvalue weighted by atomic mass is 32.1. The summed E-state index contributed by atoms with van der Waals surface area (Å²) in [7, 11) is 0. The molecule has 0 saturated heterocycles. The van der Waals surface area contributed by atoms with Gasteiger partial charge in [0.15, 0.2) is 10.9 Å². The van der Waals surface area contributed by atoms with Crippen molar-refractivity contribution in [2.24, 2.45) is 11.8 Å². The molecule has 0 radical (unpaired) electrons. The van der Waals surface area contributed by atoms with Crippen LogP contribution < -0.4 is 10.6 Å². The zero-order chi connectivity index (χ0) is 15.4. The van der Waals surface area contributed by atoms with Crippen LogP contribution in [0.2, 0.25) is 0 Å². The zero-order valence-electron chi connectivity index (χ0n) is 13.0. The lowest BCUT2D eigenvalue weighted by Gasteiger charge is -2.35. The lowest BCUT2D eigenvalue weighted by molar-refractivity contribution is 0.101. The number of Topliss-reactive ketones (excluding diaryl/α,β-unsaturated/α-hetero) is 1. The Kier molecular flexibility index (Phi) is 5.34. The van der Waals surface area contributed by atoms with Gasteiger partial charge in [0.25, 0.3) is 0 Å². The van der Waals surface area contributed by atoms with Gasteiger partial charge in [0, 0.05) is 17.3 Å². The van der Waals surface area contributed by atoms with Crippen molar-refractivity contribution < 1.29 is 4.79 Å². The van der Waals surface area contributed by atoms with Crippen molar-refractivity contribution in [3.63, 3.8) is 0 Å². The Hall–Kier alpha value is -1.42. The number of ketones is 1. The van der Waals surface area contributed by atoms with E-state index in [1.165, 1.54) is 19.3 Å². The molecule has 1 aromatic carbocycles. The van der Waals surface area contributed by atoms with E-state index in [-0.39, 0.29) is 5.78 Å². The average Bonchev–Trinajstić information content (AvgIpc) is 2.44. The zero-order valence-corrected chi connectivity index (χ0v) is 13.8. The first-order valence-electron chi connectivity index (χ1n) is 7.66. The van der Waals surface area contributed by atoms with Crippen molar-refractivity contribution >= 4 is 28.8 Å². The van der Waals surface area contributed by atoms with Crippen LogP contribution in [-0.4, -0.2) is 16.9 Å². The summed E-state index contributed by atoms with van der Waals surface area (Å²) in [4.78, 5) is 11.2. The maximum absolute atomic E-state index is 11.2. The quantitative estimate of drug-likeness (QED) is 0.654. The Labute approximate surface area is 132 Å². The van der Waals surface area contributed by atoms with Crippen LogP contribution >= 0.6 is 12.2 Å². The second-order valence-electron chi connectivity index (χ2n) is 6.11. The topological polar surface area (TPSA) is 41.1 Å². The fraction of sp³-hybridized carbons (Fsp3) is 0.529. The molecule has 0 amide bonds. The molecule has 21 heavy (non-hydrogen) atoms. The van der Waals surface area contributed by atoms with E-state index in [1.54, 1.807) is 6.92 Å². The predicted octanol–water partition coefficient (Wildman–Crippen LogP) is 4.00. The third kappa shape index (κ3) is 4.27. The van der Waals surface area contributed by atoms with Gasteiger partial charge in [-0.25, -0.2) is 0 Å². The summed E-state index contributed by atoms with van der Waals surface area (Å²) in [6, 6.07) is 7.86. The van der Waals surface area contributed by atoms with Gasteiger partial charge in [-0.1, -0.05) is 26.7 Å². The molecule has 4 heteroatoms. The van der Waals surface area contributed by atoms with E-state index < -0.39 is 0 Å². The number of rotatable bonds is 3. The molecule has 0 spiro atoms. The summed E-state index contributed by atoms with van der Waals surface area (Å²) in [6.07, 6.45) is 3.75. The lowest BCUT2D eigenvalue weighted by atomic mass is 9.78. The second-order valence-corrected chi connectivity index (χ2v) is 6.51. The molecular weight excluding hydrogens is 280 g/mol. The smallest absolute Gasteiger partial charge is 0.171 e.